The summed E-state index contributed by atoms with van der Waals surface area (Å²) in [7, 11) is 0. The standard InChI is InChI=1S/C18H21FN6O2/c1-10(20)8-26-18(3)4-5-25-15(18)17(22-9-23-25)27-13-7-21-16-12(14(13)19)6-11(2)24-16/h4-7,9-10H,8,20H2,1-3H3,(H,21,24)(H,22,23)/t10?,18-/m1/s1. The Morgan fingerprint density at radius 3 is 3.04 bits per heavy atom. The summed E-state index contributed by atoms with van der Waals surface area (Å²) in [6.07, 6.45) is 6.47. The lowest BCUT2D eigenvalue weighted by Crippen LogP contribution is -2.43. The van der Waals surface area contributed by atoms with Gasteiger partial charge in [-0.1, -0.05) is 0 Å². The Hall–Kier alpha value is -2.91. The number of hydrogen-bond acceptors (Lipinski definition) is 7. The Morgan fingerprint density at radius 2 is 2.26 bits per heavy atom. The summed E-state index contributed by atoms with van der Waals surface area (Å²) in [5, 5.41) is 2.08. The molecule has 1 unspecified atom stereocenters. The number of ether oxygens (including phenoxy) is 2. The molecule has 9 heteroatoms. The summed E-state index contributed by atoms with van der Waals surface area (Å²) in [6.45, 7) is 5.92. The van der Waals surface area contributed by atoms with Gasteiger partial charge < -0.3 is 20.2 Å². The van der Waals surface area contributed by atoms with Crippen molar-refractivity contribution in [2.75, 3.05) is 6.61 Å². The third kappa shape index (κ3) is 3.04. The number of hydrazine groups is 1. The summed E-state index contributed by atoms with van der Waals surface area (Å²) < 4.78 is 26.7. The lowest BCUT2D eigenvalue weighted by molar-refractivity contribution is 0.0145. The van der Waals surface area contributed by atoms with E-state index in [1.54, 1.807) is 17.3 Å². The van der Waals surface area contributed by atoms with Gasteiger partial charge in [-0.3, -0.25) is 10.4 Å². The first kappa shape index (κ1) is 17.5. The maximum absolute atomic E-state index is 14.9. The number of rotatable bonds is 5. The van der Waals surface area contributed by atoms with Gasteiger partial charge in [0.05, 0.1) is 18.2 Å². The van der Waals surface area contributed by atoms with E-state index in [0.717, 1.165) is 5.69 Å². The average molecular weight is 372 g/mol. The summed E-state index contributed by atoms with van der Waals surface area (Å²) in [4.78, 5) is 11.5. The van der Waals surface area contributed by atoms with E-state index in [1.807, 2.05) is 26.8 Å². The van der Waals surface area contributed by atoms with Crippen molar-refractivity contribution in [1.82, 2.24) is 20.4 Å². The topological polar surface area (TPSA) is 101 Å². The average Bonchev–Trinajstić information content (AvgIpc) is 3.17. The summed E-state index contributed by atoms with van der Waals surface area (Å²) in [5.41, 5.74) is 9.88. The van der Waals surface area contributed by atoms with E-state index in [0.29, 0.717) is 23.3 Å². The summed E-state index contributed by atoms with van der Waals surface area (Å²) in [6, 6.07) is 1.56. The van der Waals surface area contributed by atoms with E-state index >= 15 is 0 Å². The molecule has 0 fully saturated rings. The van der Waals surface area contributed by atoms with Crippen LogP contribution in [0.3, 0.4) is 0 Å². The molecular formula is C18H21FN6O2. The van der Waals surface area contributed by atoms with Gasteiger partial charge in [-0.05, 0) is 32.9 Å². The van der Waals surface area contributed by atoms with Crippen molar-refractivity contribution >= 4 is 17.4 Å². The number of aromatic nitrogens is 2. The van der Waals surface area contributed by atoms with E-state index in [2.05, 4.69) is 20.4 Å². The molecule has 0 bridgehead atoms. The lowest BCUT2D eigenvalue weighted by atomic mass is 10.0. The quantitative estimate of drug-likeness (QED) is 0.743. The van der Waals surface area contributed by atoms with Gasteiger partial charge in [0.2, 0.25) is 5.88 Å². The van der Waals surface area contributed by atoms with Crippen molar-refractivity contribution in [1.29, 1.82) is 0 Å². The van der Waals surface area contributed by atoms with Gasteiger partial charge >= 0.3 is 0 Å². The molecule has 0 spiro atoms. The molecule has 0 aliphatic carbocycles. The van der Waals surface area contributed by atoms with Crippen LogP contribution in [0.1, 0.15) is 19.5 Å². The van der Waals surface area contributed by atoms with Crippen molar-refractivity contribution in [2.24, 2.45) is 10.7 Å². The zero-order chi connectivity index (χ0) is 19.2. The Morgan fingerprint density at radius 1 is 1.44 bits per heavy atom. The number of nitrogens with two attached hydrogens (primary N) is 1. The highest BCUT2D eigenvalue weighted by Crippen LogP contribution is 2.37. The number of nitrogens with one attached hydrogen (secondary N) is 2. The smallest absolute Gasteiger partial charge is 0.246 e. The van der Waals surface area contributed by atoms with Crippen LogP contribution >= 0.6 is 0 Å². The first-order valence-electron chi connectivity index (χ1n) is 8.60. The van der Waals surface area contributed by atoms with Gasteiger partial charge in [0, 0.05) is 17.9 Å². The molecule has 2 atom stereocenters. The van der Waals surface area contributed by atoms with E-state index in [1.165, 1.54) is 12.5 Å². The Labute approximate surface area is 155 Å². The zero-order valence-electron chi connectivity index (χ0n) is 15.3. The molecule has 4 heterocycles. The minimum absolute atomic E-state index is 0.00978. The van der Waals surface area contributed by atoms with Gasteiger partial charge in [0.1, 0.15) is 23.3 Å². The fourth-order valence-corrected chi connectivity index (χ4v) is 3.07. The van der Waals surface area contributed by atoms with Crippen molar-refractivity contribution < 1.29 is 13.9 Å². The number of halogens is 1. The fraction of sp³-hybridized carbons (Fsp3) is 0.333. The predicted octanol–water partition coefficient (Wildman–Crippen LogP) is 2.06. The highest BCUT2D eigenvalue weighted by atomic mass is 19.1. The SMILES string of the molecule is Cc1cc2c(F)c(OC3=C4N(C=C[C@@]4(C)OCC(C)N)NC=N3)cnc2[nH]1. The van der Waals surface area contributed by atoms with Crippen LogP contribution in [0.15, 0.2) is 41.1 Å². The van der Waals surface area contributed by atoms with Crippen molar-refractivity contribution in [2.45, 2.75) is 32.4 Å². The van der Waals surface area contributed by atoms with Crippen molar-refractivity contribution in [3.8, 4) is 5.75 Å². The normalized spacial score (nSPS) is 22.3. The van der Waals surface area contributed by atoms with Gasteiger partial charge in [0.15, 0.2) is 11.6 Å². The number of H-pyrrole nitrogens is 1. The predicted molar refractivity (Wildman–Crippen MR) is 99.1 cm³/mol. The third-order valence-corrected chi connectivity index (χ3v) is 4.38. The molecule has 4 rings (SSSR count). The number of fused-ring (bicyclic) bond motifs is 2. The van der Waals surface area contributed by atoms with Crippen LogP contribution in [0.5, 0.6) is 5.75 Å². The maximum Gasteiger partial charge on any atom is 0.246 e. The Kier molecular flexibility index (Phi) is 4.12. The molecule has 0 aromatic carbocycles. The van der Waals surface area contributed by atoms with E-state index in [4.69, 9.17) is 15.2 Å². The molecule has 0 saturated heterocycles. The molecule has 0 amide bonds. The number of aromatic amines is 1. The molecule has 2 aliphatic heterocycles. The van der Waals surface area contributed by atoms with Crippen LogP contribution in [0.2, 0.25) is 0 Å². The molecule has 4 N–H and O–H groups in total. The summed E-state index contributed by atoms with van der Waals surface area (Å²) >= 11 is 0. The molecule has 0 radical (unpaired) electrons. The highest BCUT2D eigenvalue weighted by Gasteiger charge is 2.41. The van der Waals surface area contributed by atoms with E-state index in [9.17, 15) is 4.39 Å². The second kappa shape index (κ2) is 6.36. The molecule has 142 valence electrons. The third-order valence-electron chi connectivity index (χ3n) is 4.38. The second-order valence-corrected chi connectivity index (χ2v) is 6.88. The number of nitrogens with zero attached hydrogens (tertiary/aromatic N) is 3. The van der Waals surface area contributed by atoms with E-state index < -0.39 is 11.4 Å². The number of aliphatic imine (C=N–C) groups is 1. The van der Waals surface area contributed by atoms with Gasteiger partial charge in [-0.25, -0.2) is 14.4 Å². The van der Waals surface area contributed by atoms with E-state index in [-0.39, 0.29) is 17.7 Å². The monoisotopic (exact) mass is 372 g/mol. The van der Waals surface area contributed by atoms with Gasteiger partial charge in [0.25, 0.3) is 0 Å². The lowest BCUT2D eigenvalue weighted by Gasteiger charge is -2.32. The van der Waals surface area contributed by atoms with Crippen LogP contribution in [0.4, 0.5) is 4.39 Å². The van der Waals surface area contributed by atoms with Crippen molar-refractivity contribution in [3.05, 3.63) is 47.6 Å². The maximum atomic E-state index is 14.9. The first-order valence-corrected chi connectivity index (χ1v) is 8.60. The molecular weight excluding hydrogens is 351 g/mol. The van der Waals surface area contributed by atoms with Crippen molar-refractivity contribution in [3.63, 3.8) is 0 Å². The number of hydrogen-bond donors (Lipinski definition) is 3. The molecule has 2 aliphatic rings. The Balaban J connectivity index is 1.71. The highest BCUT2D eigenvalue weighted by molar-refractivity contribution is 5.78. The number of aryl methyl sites for hydroxylation is 1. The largest absolute Gasteiger partial charge is 0.432 e. The molecule has 0 saturated carbocycles. The van der Waals surface area contributed by atoms with Crippen LogP contribution in [0, 0.1) is 12.7 Å². The van der Waals surface area contributed by atoms with Crippen LogP contribution < -0.4 is 15.9 Å². The minimum atomic E-state index is -0.813. The fourth-order valence-electron chi connectivity index (χ4n) is 3.07. The summed E-state index contributed by atoms with van der Waals surface area (Å²) in [5.74, 6) is -0.287. The van der Waals surface area contributed by atoms with Crippen LogP contribution in [-0.2, 0) is 4.74 Å². The molecule has 8 nitrogen and oxygen atoms in total. The number of pyridine rings is 1. The minimum Gasteiger partial charge on any atom is -0.432 e. The Bertz CT molecular complexity index is 980. The van der Waals surface area contributed by atoms with Gasteiger partial charge in [-0.2, -0.15) is 0 Å². The van der Waals surface area contributed by atoms with Gasteiger partial charge in [-0.15, -0.1) is 0 Å². The second-order valence-electron chi connectivity index (χ2n) is 6.88. The first-order chi connectivity index (χ1) is 12.9. The molecule has 27 heavy (non-hydrogen) atoms. The van der Waals surface area contributed by atoms with Crippen LogP contribution in [0.25, 0.3) is 11.0 Å². The molecule has 2 aromatic rings. The molecule has 2 aromatic heterocycles. The van der Waals surface area contributed by atoms with Crippen LogP contribution in [-0.4, -0.2) is 39.6 Å². The zero-order valence-corrected chi connectivity index (χ0v) is 15.3.